The molecule has 0 spiro atoms. The second-order valence-electron chi connectivity index (χ2n) is 6.14. The average molecular weight is 351 g/mol. The van der Waals surface area contributed by atoms with E-state index < -0.39 is 9.84 Å². The Morgan fingerprint density at radius 3 is 2.78 bits per heavy atom. The van der Waals surface area contributed by atoms with Crippen molar-refractivity contribution in [3.8, 4) is 10.6 Å². The summed E-state index contributed by atoms with van der Waals surface area (Å²) in [7, 11) is -3.01. The van der Waals surface area contributed by atoms with E-state index in [9.17, 15) is 13.2 Å². The summed E-state index contributed by atoms with van der Waals surface area (Å²) in [5.41, 5.74) is 1.19. The van der Waals surface area contributed by atoms with Gasteiger partial charge in [0.25, 0.3) is 5.91 Å². The van der Waals surface area contributed by atoms with Crippen molar-refractivity contribution >= 4 is 27.1 Å². The summed E-state index contributed by atoms with van der Waals surface area (Å²) in [6.07, 6.45) is 2.59. The summed E-state index contributed by atoms with van der Waals surface area (Å²) in [6.45, 7) is 0. The molecule has 23 heavy (non-hydrogen) atoms. The van der Waals surface area contributed by atoms with Gasteiger partial charge in [-0.15, -0.1) is 11.3 Å². The number of aromatic nitrogens is 2. The van der Waals surface area contributed by atoms with E-state index in [0.717, 1.165) is 23.4 Å². The lowest BCUT2D eigenvalue weighted by Gasteiger charge is -2.12. The molecule has 2 aromatic rings. The van der Waals surface area contributed by atoms with Gasteiger partial charge in [-0.25, -0.2) is 8.42 Å². The molecule has 1 saturated carbocycles. The second-order valence-corrected chi connectivity index (χ2v) is 9.32. The Bertz CT molecular complexity index is 835. The van der Waals surface area contributed by atoms with E-state index in [4.69, 9.17) is 0 Å². The Morgan fingerprint density at radius 2 is 2.17 bits per heavy atom. The molecule has 1 unspecified atom stereocenters. The van der Waals surface area contributed by atoms with E-state index >= 15 is 0 Å². The van der Waals surface area contributed by atoms with Gasteiger partial charge in [0.1, 0.15) is 0 Å². The van der Waals surface area contributed by atoms with Gasteiger partial charge in [-0.1, -0.05) is 6.07 Å². The van der Waals surface area contributed by atoms with E-state index in [2.05, 4.69) is 10.4 Å². The number of sulfone groups is 1. The Kier molecular flexibility index (Phi) is 3.53. The zero-order valence-corrected chi connectivity index (χ0v) is 14.1. The van der Waals surface area contributed by atoms with E-state index in [1.807, 2.05) is 17.5 Å². The highest BCUT2D eigenvalue weighted by atomic mass is 32.2. The molecule has 4 rings (SSSR count). The van der Waals surface area contributed by atoms with Crippen molar-refractivity contribution < 1.29 is 13.2 Å². The van der Waals surface area contributed by atoms with Gasteiger partial charge in [0.2, 0.25) is 0 Å². The van der Waals surface area contributed by atoms with Gasteiger partial charge < -0.3 is 5.32 Å². The fourth-order valence-corrected chi connectivity index (χ4v) is 5.27. The molecule has 1 aliphatic heterocycles. The first kappa shape index (κ1) is 14.9. The number of rotatable bonds is 4. The monoisotopic (exact) mass is 351 g/mol. The van der Waals surface area contributed by atoms with Crippen molar-refractivity contribution in [1.29, 1.82) is 0 Å². The molecule has 0 radical (unpaired) electrons. The lowest BCUT2D eigenvalue weighted by atomic mass is 10.2. The zero-order valence-electron chi connectivity index (χ0n) is 12.4. The Morgan fingerprint density at radius 1 is 1.35 bits per heavy atom. The van der Waals surface area contributed by atoms with Gasteiger partial charge in [-0.05, 0) is 36.8 Å². The number of thiophene rings is 1. The predicted octanol–water partition coefficient (Wildman–Crippen LogP) is 1.86. The maximum absolute atomic E-state index is 12.3. The highest BCUT2D eigenvalue weighted by Gasteiger charge is 2.33. The van der Waals surface area contributed by atoms with Crippen molar-refractivity contribution in [3.05, 3.63) is 29.3 Å². The molecular weight excluding hydrogens is 334 g/mol. The fourth-order valence-electron chi connectivity index (χ4n) is 2.85. The van der Waals surface area contributed by atoms with Gasteiger partial charge in [-0.3, -0.25) is 9.48 Å². The van der Waals surface area contributed by atoms with Gasteiger partial charge >= 0.3 is 0 Å². The van der Waals surface area contributed by atoms with E-state index in [1.54, 1.807) is 22.1 Å². The van der Waals surface area contributed by atoms with Crippen LogP contribution in [0.5, 0.6) is 0 Å². The molecule has 1 saturated heterocycles. The molecule has 2 aliphatic rings. The molecule has 2 fully saturated rings. The van der Waals surface area contributed by atoms with Crippen molar-refractivity contribution in [1.82, 2.24) is 15.1 Å². The predicted molar refractivity (Wildman–Crippen MR) is 88.3 cm³/mol. The van der Waals surface area contributed by atoms with Crippen LogP contribution in [-0.2, 0) is 9.84 Å². The maximum Gasteiger partial charge on any atom is 0.272 e. The number of hydrogen-bond acceptors (Lipinski definition) is 5. The summed E-state index contributed by atoms with van der Waals surface area (Å²) < 4.78 is 25.3. The zero-order chi connectivity index (χ0) is 16.0. The van der Waals surface area contributed by atoms with Crippen LogP contribution in [-0.4, -0.2) is 41.7 Å². The number of carbonyl (C=O) groups is 1. The van der Waals surface area contributed by atoms with Crippen LogP contribution >= 0.6 is 11.3 Å². The third-order valence-electron chi connectivity index (χ3n) is 4.21. The Balaban J connectivity index is 1.70. The lowest BCUT2D eigenvalue weighted by Crippen LogP contribution is -2.26. The summed E-state index contributed by atoms with van der Waals surface area (Å²) in [4.78, 5) is 13.3. The molecule has 6 nitrogen and oxygen atoms in total. The largest absolute Gasteiger partial charge is 0.348 e. The molecule has 2 aromatic heterocycles. The minimum absolute atomic E-state index is 0.0940. The topological polar surface area (TPSA) is 81.1 Å². The molecule has 1 amide bonds. The third kappa shape index (κ3) is 3.05. The molecule has 0 aromatic carbocycles. The molecular formula is C15H17N3O3S2. The number of nitrogens with one attached hydrogen (secondary N) is 1. The molecule has 3 heterocycles. The quantitative estimate of drug-likeness (QED) is 0.912. The van der Waals surface area contributed by atoms with Crippen LogP contribution in [0.25, 0.3) is 10.6 Å². The summed E-state index contributed by atoms with van der Waals surface area (Å²) >= 11 is 1.56. The Labute approximate surface area is 138 Å². The number of nitrogens with zero attached hydrogens (tertiary/aromatic N) is 2. The van der Waals surface area contributed by atoms with Crippen LogP contribution in [0.15, 0.2) is 23.6 Å². The maximum atomic E-state index is 12.3. The first-order chi connectivity index (χ1) is 11.0. The SMILES string of the molecule is O=C(NC1CC1)c1cc(-c2cccs2)n(C2CCS(=O)(=O)C2)n1. The molecule has 1 aliphatic carbocycles. The first-order valence-electron chi connectivity index (χ1n) is 7.66. The second kappa shape index (κ2) is 5.45. The number of hydrogen-bond donors (Lipinski definition) is 1. The van der Waals surface area contributed by atoms with Crippen molar-refractivity contribution in [2.75, 3.05) is 11.5 Å². The molecule has 0 bridgehead atoms. The first-order valence-corrected chi connectivity index (χ1v) is 10.4. The highest BCUT2D eigenvalue weighted by molar-refractivity contribution is 7.91. The van der Waals surface area contributed by atoms with Crippen LogP contribution < -0.4 is 5.32 Å². The van der Waals surface area contributed by atoms with Crippen LogP contribution in [0.3, 0.4) is 0 Å². The van der Waals surface area contributed by atoms with Crippen molar-refractivity contribution in [3.63, 3.8) is 0 Å². The van der Waals surface area contributed by atoms with Crippen LogP contribution in [0.1, 0.15) is 35.8 Å². The minimum Gasteiger partial charge on any atom is -0.348 e. The third-order valence-corrected chi connectivity index (χ3v) is 6.85. The fraction of sp³-hybridized carbons (Fsp3) is 0.467. The molecule has 8 heteroatoms. The van der Waals surface area contributed by atoms with Crippen molar-refractivity contribution in [2.24, 2.45) is 0 Å². The van der Waals surface area contributed by atoms with Gasteiger partial charge in [0, 0.05) is 6.04 Å². The van der Waals surface area contributed by atoms with Crippen LogP contribution in [0, 0.1) is 0 Å². The minimum atomic E-state index is -3.01. The van der Waals surface area contributed by atoms with Gasteiger partial charge in [0.05, 0.1) is 28.1 Å². The standard InChI is InChI=1S/C15H17N3O3S2/c19-15(16-10-3-4-10)12-8-13(14-2-1-6-22-14)18(17-12)11-5-7-23(20,21)9-11/h1-2,6,8,10-11H,3-5,7,9H2,(H,16,19). The molecule has 122 valence electrons. The Hall–Kier alpha value is -1.67. The van der Waals surface area contributed by atoms with Crippen molar-refractivity contribution in [2.45, 2.75) is 31.3 Å². The normalized spacial score (nSPS) is 23.0. The lowest BCUT2D eigenvalue weighted by molar-refractivity contribution is 0.0945. The summed E-state index contributed by atoms with van der Waals surface area (Å²) in [5.74, 6) is 0.104. The van der Waals surface area contributed by atoms with E-state index in [-0.39, 0.29) is 29.5 Å². The molecule has 1 N–H and O–H groups in total. The molecule has 1 atom stereocenters. The number of carbonyl (C=O) groups excluding carboxylic acids is 1. The summed E-state index contributed by atoms with van der Waals surface area (Å²) in [6, 6.07) is 5.75. The van der Waals surface area contributed by atoms with Crippen LogP contribution in [0.4, 0.5) is 0 Å². The smallest absolute Gasteiger partial charge is 0.272 e. The number of amides is 1. The highest BCUT2D eigenvalue weighted by Crippen LogP contribution is 2.32. The van der Waals surface area contributed by atoms with Gasteiger partial charge in [0.15, 0.2) is 15.5 Å². The van der Waals surface area contributed by atoms with Crippen LogP contribution in [0.2, 0.25) is 0 Å². The average Bonchev–Trinajstić information content (AvgIpc) is 2.96. The summed E-state index contributed by atoms with van der Waals surface area (Å²) in [5, 5.41) is 9.33. The van der Waals surface area contributed by atoms with E-state index in [0.29, 0.717) is 12.1 Å². The van der Waals surface area contributed by atoms with E-state index in [1.165, 1.54) is 0 Å². The van der Waals surface area contributed by atoms with Gasteiger partial charge in [-0.2, -0.15) is 5.10 Å².